The molecule has 0 saturated carbocycles. The molecular weight excluding hydrogens is 1130 g/mol. The van der Waals surface area contributed by atoms with E-state index in [0.29, 0.717) is 17.8 Å². The molecule has 0 aliphatic carbocycles. The van der Waals surface area contributed by atoms with Crippen molar-refractivity contribution in [2.45, 2.75) is 92.9 Å². The molecule has 0 aromatic carbocycles. The number of hydrogen-bond acceptors (Lipinski definition) is 30. The van der Waals surface area contributed by atoms with E-state index in [9.17, 15) is 43.9 Å². The molecule has 4 saturated heterocycles. The van der Waals surface area contributed by atoms with Crippen molar-refractivity contribution in [2.75, 3.05) is 55.1 Å². The number of fused-ring (bicyclic) bond motifs is 4. The first-order valence-electron chi connectivity index (χ1n) is 22.6. The van der Waals surface area contributed by atoms with Gasteiger partial charge in [0.05, 0.1) is 38.8 Å². The van der Waals surface area contributed by atoms with Gasteiger partial charge < -0.3 is 70.7 Å². The van der Waals surface area contributed by atoms with Crippen LogP contribution in [0.4, 0.5) is 17.5 Å². The van der Waals surface area contributed by atoms with Crippen LogP contribution in [0, 0.1) is 0 Å². The molecule has 12 N–H and O–H groups in total. The molecule has 10 rings (SSSR count). The average Bonchev–Trinajstić information content (AvgIpc) is 4.24. The summed E-state index contributed by atoms with van der Waals surface area (Å²) in [7, 11) is -5.30. The Morgan fingerprint density at radius 3 is 1.75 bits per heavy atom. The number of rotatable bonds is 20. The fourth-order valence-electron chi connectivity index (χ4n) is 9.11. The van der Waals surface area contributed by atoms with Crippen molar-refractivity contribution in [3.05, 3.63) is 38.0 Å². The van der Waals surface area contributed by atoms with Crippen molar-refractivity contribution in [1.82, 2.24) is 58.6 Å². The lowest BCUT2D eigenvalue weighted by Crippen LogP contribution is -2.51. The van der Waals surface area contributed by atoms with E-state index in [2.05, 4.69) is 44.9 Å². The van der Waals surface area contributed by atoms with Gasteiger partial charge in [-0.3, -0.25) is 36.6 Å². The summed E-state index contributed by atoms with van der Waals surface area (Å²) >= 11 is 6.94. The highest BCUT2D eigenvalue weighted by atomic mass is 32.7. The maximum atomic E-state index is 14.1. The van der Waals surface area contributed by atoms with Crippen LogP contribution in [-0.4, -0.2) is 186 Å². The van der Waals surface area contributed by atoms with Crippen molar-refractivity contribution in [1.29, 1.82) is 0 Å². The molecule has 33 nitrogen and oxygen atoms in total. The summed E-state index contributed by atoms with van der Waals surface area (Å²) in [6.07, 6.45) is -8.84. The predicted molar refractivity (Wildman–Crippen MR) is 266 cm³/mol. The van der Waals surface area contributed by atoms with Crippen LogP contribution in [0.1, 0.15) is 38.4 Å². The van der Waals surface area contributed by atoms with Gasteiger partial charge >= 0.3 is 21.3 Å². The number of carbonyl (C=O) groups excluding carboxylic acids is 1. The minimum atomic E-state index is -5.30. The van der Waals surface area contributed by atoms with E-state index < -0.39 is 114 Å². The molecule has 0 spiro atoms. The predicted octanol–water partition coefficient (Wildman–Crippen LogP) is -0.172. The summed E-state index contributed by atoms with van der Waals surface area (Å²) in [5.74, 6) is 0.342. The second-order valence-electron chi connectivity index (χ2n) is 17.4. The van der Waals surface area contributed by atoms with E-state index in [0.717, 1.165) is 24.4 Å². The van der Waals surface area contributed by atoms with Crippen LogP contribution < -0.4 is 17.2 Å². The molecule has 10 heterocycles. The van der Waals surface area contributed by atoms with E-state index in [1.807, 2.05) is 0 Å². The Morgan fingerprint density at radius 1 is 0.724 bits per heavy atom. The fraction of sp³-hybridized carbons (Fsp3) is 0.568. The molecule has 76 heavy (non-hydrogen) atoms. The summed E-state index contributed by atoms with van der Waals surface area (Å²) in [6, 6.07) is 0. The number of aliphatic hydroxyl groups excluding tert-OH is 3. The zero-order chi connectivity index (χ0) is 53.9. The van der Waals surface area contributed by atoms with E-state index >= 15 is 0 Å². The number of ether oxygens (including phenoxy) is 4. The lowest BCUT2D eigenvalue weighted by Gasteiger charge is -2.38. The van der Waals surface area contributed by atoms with Crippen molar-refractivity contribution < 1.29 is 85.5 Å². The summed E-state index contributed by atoms with van der Waals surface area (Å²) in [5.41, 5.74) is 17.4. The van der Waals surface area contributed by atoms with Gasteiger partial charge in [-0.05, 0) is 36.0 Å². The van der Waals surface area contributed by atoms with Crippen LogP contribution in [-0.2, 0) is 67.3 Å². The number of phosphoric acid groups is 1. The number of hydrogen-bond donors (Lipinski definition) is 9. The normalized spacial score (nSPS) is 31.2. The Morgan fingerprint density at radius 2 is 1.22 bits per heavy atom. The molecular formula is C37H48N15O18P3S3. The molecule has 4 aliphatic heterocycles. The van der Waals surface area contributed by atoms with Gasteiger partial charge in [0.15, 0.2) is 58.2 Å². The second kappa shape index (κ2) is 21.9. The molecule has 4 fully saturated rings. The lowest BCUT2D eigenvalue weighted by molar-refractivity contribution is -0.165. The molecule has 6 unspecified atom stereocenters. The van der Waals surface area contributed by atoms with Gasteiger partial charge in [0, 0.05) is 25.0 Å². The van der Waals surface area contributed by atoms with Gasteiger partial charge in [-0.15, -0.1) is 0 Å². The van der Waals surface area contributed by atoms with Crippen LogP contribution in [0.3, 0.4) is 0 Å². The summed E-state index contributed by atoms with van der Waals surface area (Å²) < 4.78 is 83.9. The highest BCUT2D eigenvalue weighted by molar-refractivity contribution is 8.55. The molecule has 6 aromatic heterocycles. The molecule has 0 radical (unpaired) electrons. The SMILES string of the molecule is CC(=O)SCCSP(=O)(O)OC[C@H]1O[C@@H](n2cnc3c(N)ncnc32)[C@@H](OP(O)(=S)OC[C@H]2O[C@@H](n3cnc4c(N)ncnc43)[C@@H](OP(=O)(O)OC[C@]34CCCOC3[C@H](O)[C@H](n3cnc5c(N)ncnc53)O4)C2O)C1O. The average molecular weight is 1180 g/mol. The van der Waals surface area contributed by atoms with Crippen LogP contribution in [0.25, 0.3) is 33.5 Å². The van der Waals surface area contributed by atoms with Gasteiger partial charge in [-0.1, -0.05) is 11.8 Å². The molecule has 412 valence electrons. The number of nitrogens with zero attached hydrogens (tertiary/aromatic N) is 12. The Balaban J connectivity index is 0.860. The molecule has 15 atom stereocenters. The van der Waals surface area contributed by atoms with Gasteiger partial charge in [0.2, 0.25) is 0 Å². The lowest BCUT2D eigenvalue weighted by atomic mass is 9.89. The van der Waals surface area contributed by atoms with Crippen molar-refractivity contribution in [3.63, 3.8) is 0 Å². The summed E-state index contributed by atoms with van der Waals surface area (Å²) in [5, 5.41) is 34.9. The minimum absolute atomic E-state index is 0.0119. The maximum Gasteiger partial charge on any atom is 0.472 e. The number of imidazole rings is 3. The first-order chi connectivity index (χ1) is 36.1. The standard InChI is InChI=1S/C37H48N15O18P3S3/c1-16(53)75-5-6-76-72(59,60)63-7-17-23(55)26(36(66-17)52-15-49-21-30(40)43-12-46-33(21)52)70-73(61,74)64-8-18-22(54)25(35(67-18)51-14-48-20-29(39)42-11-45-32(20)51)69-71(57,58)65-9-37-3-2-4-62-27(37)24(56)34(68-37)50-13-47-19-28(38)41-10-44-31(19)50/h10-15,17-18,22-27,34-36,54-56H,2-9H2,1H3,(H,57,58)(H,59,60)(H,61,74)(H2,38,41,44)(H2,39,42,45)(H2,40,43,46)/t17-,18-,22?,23?,24+,25+,26+,27?,34-,35-,36-,37-,73?/m1/s1. The highest BCUT2D eigenvalue weighted by Crippen LogP contribution is 2.57. The van der Waals surface area contributed by atoms with Crippen molar-refractivity contribution in [3.8, 4) is 0 Å². The molecule has 0 amide bonds. The third-order valence-corrected chi connectivity index (χ3v) is 19.2. The summed E-state index contributed by atoms with van der Waals surface area (Å²) in [6.45, 7) is -9.54. The topological polar surface area (TPSA) is 465 Å². The number of carbonyl (C=O) groups is 1. The van der Waals surface area contributed by atoms with E-state index in [-0.39, 0.29) is 80.6 Å². The number of nitrogens with two attached hydrogens (primary N) is 3. The van der Waals surface area contributed by atoms with Crippen LogP contribution in [0.2, 0.25) is 0 Å². The molecule has 39 heteroatoms. The number of aliphatic hydroxyl groups is 3. The van der Waals surface area contributed by atoms with E-state index in [1.165, 1.54) is 45.9 Å². The van der Waals surface area contributed by atoms with Gasteiger partial charge in [-0.25, -0.2) is 54.0 Å². The van der Waals surface area contributed by atoms with Crippen LogP contribution >= 0.6 is 44.5 Å². The molecule has 6 aromatic rings. The number of aromatic nitrogens is 12. The number of phosphoric ester groups is 1. The monoisotopic (exact) mass is 1180 g/mol. The van der Waals surface area contributed by atoms with Gasteiger partial charge in [0.25, 0.3) is 0 Å². The second-order valence-corrected chi connectivity index (χ2v) is 26.9. The first kappa shape index (κ1) is 55.3. The van der Waals surface area contributed by atoms with E-state index in [4.69, 9.17) is 70.6 Å². The molecule has 4 aliphatic rings. The third-order valence-electron chi connectivity index (χ3n) is 12.6. The van der Waals surface area contributed by atoms with Gasteiger partial charge in [-0.2, -0.15) is 0 Å². The molecule has 0 bridgehead atoms. The number of thioether (sulfide) groups is 1. The maximum absolute atomic E-state index is 14.1. The van der Waals surface area contributed by atoms with Crippen LogP contribution in [0.15, 0.2) is 38.0 Å². The Bertz CT molecular complexity index is 3280. The first-order valence-corrected chi connectivity index (χ1v) is 30.9. The smallest absolute Gasteiger partial charge is 0.387 e. The number of anilines is 3. The van der Waals surface area contributed by atoms with Crippen LogP contribution in [0.5, 0.6) is 0 Å². The Labute approximate surface area is 440 Å². The van der Waals surface area contributed by atoms with Crippen molar-refractivity contribution in [2.24, 2.45) is 0 Å². The van der Waals surface area contributed by atoms with Gasteiger partial charge in [0.1, 0.15) is 90.0 Å². The largest absolute Gasteiger partial charge is 0.472 e. The van der Waals surface area contributed by atoms with E-state index in [1.54, 1.807) is 0 Å². The minimum Gasteiger partial charge on any atom is -0.387 e. The highest BCUT2D eigenvalue weighted by Gasteiger charge is 2.59. The quantitative estimate of drug-likeness (QED) is 0.0354. The number of nitrogen functional groups attached to an aromatic ring is 3. The zero-order valence-electron chi connectivity index (χ0n) is 39.2. The zero-order valence-corrected chi connectivity index (χ0v) is 44.4. The Kier molecular flexibility index (Phi) is 15.9. The summed E-state index contributed by atoms with van der Waals surface area (Å²) in [4.78, 5) is 82.1. The third kappa shape index (κ3) is 11.1. The Hall–Kier alpha value is -4.07. The fourth-order valence-corrected chi connectivity index (χ4v) is 14.8. The van der Waals surface area contributed by atoms with Crippen molar-refractivity contribution >= 4 is 112 Å².